The lowest BCUT2D eigenvalue weighted by Crippen LogP contribution is -2.40. The maximum absolute atomic E-state index is 12.4. The van der Waals surface area contributed by atoms with E-state index in [4.69, 9.17) is 0 Å². The van der Waals surface area contributed by atoms with Gasteiger partial charge in [-0.15, -0.1) is 0 Å². The van der Waals surface area contributed by atoms with E-state index in [-0.39, 0.29) is 6.04 Å². The number of piperidine rings is 1. The monoisotopic (exact) mass is 321 g/mol. The van der Waals surface area contributed by atoms with Crippen molar-refractivity contribution in [1.29, 1.82) is 0 Å². The number of carbonyl (C=O) groups excluding carboxylic acids is 1. The van der Waals surface area contributed by atoms with Crippen LogP contribution in [0.4, 0.5) is 18.9 Å². The fourth-order valence-corrected chi connectivity index (χ4v) is 3.13. The number of sulfone groups is 1. The summed E-state index contributed by atoms with van der Waals surface area (Å²) in [4.78, 5) is 12.0. The van der Waals surface area contributed by atoms with Crippen molar-refractivity contribution in [2.75, 3.05) is 11.4 Å². The summed E-state index contributed by atoms with van der Waals surface area (Å²) in [6.07, 6.45) is 3.29. The molecule has 0 N–H and O–H groups in total. The van der Waals surface area contributed by atoms with Crippen molar-refractivity contribution in [1.82, 2.24) is 0 Å². The molecule has 1 aliphatic rings. The normalized spacial score (nSPS) is 20.3. The molecule has 0 spiro atoms. The molecule has 1 saturated heterocycles. The van der Waals surface area contributed by atoms with E-state index < -0.39 is 20.2 Å². The molecule has 8 heteroatoms. The third-order valence-corrected chi connectivity index (χ3v) is 4.99. The molecule has 1 fully saturated rings. The Bertz CT molecular complexity index is 611. The lowest BCUT2D eigenvalue weighted by atomic mass is 10.0. The van der Waals surface area contributed by atoms with Crippen molar-refractivity contribution < 1.29 is 26.4 Å². The second-order valence-corrected chi connectivity index (χ2v) is 6.78. The van der Waals surface area contributed by atoms with E-state index in [1.807, 2.05) is 0 Å². The first kappa shape index (κ1) is 15.8. The summed E-state index contributed by atoms with van der Waals surface area (Å²) in [5.41, 5.74) is -4.77. The summed E-state index contributed by atoms with van der Waals surface area (Å²) in [6, 6.07) is 4.15. The van der Waals surface area contributed by atoms with Gasteiger partial charge in [0.1, 0.15) is 6.29 Å². The fourth-order valence-electron chi connectivity index (χ4n) is 2.37. The minimum Gasteiger partial charge on any atom is -0.362 e. The molecule has 1 unspecified atom stereocenters. The molecule has 0 aromatic heterocycles. The maximum Gasteiger partial charge on any atom is 0.501 e. The van der Waals surface area contributed by atoms with Gasteiger partial charge in [-0.1, -0.05) is 0 Å². The highest BCUT2D eigenvalue weighted by Gasteiger charge is 2.46. The summed E-state index contributed by atoms with van der Waals surface area (Å²) in [6.45, 7) is 0.620. The predicted molar refractivity (Wildman–Crippen MR) is 70.7 cm³/mol. The third-order valence-electron chi connectivity index (χ3n) is 3.49. The molecule has 0 amide bonds. The molecule has 1 heterocycles. The van der Waals surface area contributed by atoms with Gasteiger partial charge in [-0.05, 0) is 43.5 Å². The van der Waals surface area contributed by atoms with Gasteiger partial charge in [-0.2, -0.15) is 13.2 Å². The largest absolute Gasteiger partial charge is 0.501 e. The fraction of sp³-hybridized carbons (Fsp3) is 0.462. The van der Waals surface area contributed by atoms with Crippen LogP contribution in [0.2, 0.25) is 0 Å². The molecule has 0 bridgehead atoms. The first-order valence-electron chi connectivity index (χ1n) is 6.41. The Hall–Kier alpha value is -1.57. The van der Waals surface area contributed by atoms with E-state index in [9.17, 15) is 26.4 Å². The van der Waals surface area contributed by atoms with Gasteiger partial charge in [0, 0.05) is 12.2 Å². The molecule has 116 valence electrons. The Labute approximate surface area is 120 Å². The first-order valence-corrected chi connectivity index (χ1v) is 7.89. The molecular formula is C13H14F3NO3S. The van der Waals surface area contributed by atoms with E-state index in [0.29, 0.717) is 18.7 Å². The van der Waals surface area contributed by atoms with Crippen molar-refractivity contribution in [3.8, 4) is 0 Å². The highest BCUT2D eigenvalue weighted by Crippen LogP contribution is 2.32. The van der Waals surface area contributed by atoms with Crippen molar-refractivity contribution in [2.24, 2.45) is 0 Å². The van der Waals surface area contributed by atoms with E-state index >= 15 is 0 Å². The lowest BCUT2D eigenvalue weighted by molar-refractivity contribution is -0.109. The number of aldehydes is 1. The van der Waals surface area contributed by atoms with Crippen LogP contribution in [0.3, 0.4) is 0 Å². The maximum atomic E-state index is 12.4. The van der Waals surface area contributed by atoms with Gasteiger partial charge in [-0.3, -0.25) is 0 Å². The Morgan fingerprint density at radius 1 is 1.14 bits per heavy atom. The molecule has 0 aliphatic carbocycles. The van der Waals surface area contributed by atoms with Crippen LogP contribution in [0.25, 0.3) is 0 Å². The van der Waals surface area contributed by atoms with E-state index in [0.717, 1.165) is 31.3 Å². The number of alkyl halides is 3. The Morgan fingerprint density at radius 3 is 2.29 bits per heavy atom. The zero-order valence-electron chi connectivity index (χ0n) is 11.0. The van der Waals surface area contributed by atoms with Gasteiger partial charge in [-0.25, -0.2) is 8.42 Å². The standard InChI is InChI=1S/C13H14F3NO3S/c14-13(15,16)21(19,20)12-6-4-10(5-7-12)17-8-2-1-3-11(17)9-18/h4-7,9,11H,1-3,8H2. The zero-order valence-corrected chi connectivity index (χ0v) is 11.8. The van der Waals surface area contributed by atoms with Crippen molar-refractivity contribution >= 4 is 21.8 Å². The predicted octanol–water partition coefficient (Wildman–Crippen LogP) is 2.54. The van der Waals surface area contributed by atoms with Crippen LogP contribution >= 0.6 is 0 Å². The Morgan fingerprint density at radius 2 is 1.76 bits per heavy atom. The van der Waals surface area contributed by atoms with Gasteiger partial charge >= 0.3 is 5.51 Å². The average Bonchev–Trinajstić information content (AvgIpc) is 2.46. The number of hydrogen-bond donors (Lipinski definition) is 0. The van der Waals surface area contributed by atoms with Crippen molar-refractivity contribution in [3.05, 3.63) is 24.3 Å². The minimum atomic E-state index is -5.33. The van der Waals surface area contributed by atoms with Crippen LogP contribution in [-0.4, -0.2) is 32.8 Å². The summed E-state index contributed by atoms with van der Waals surface area (Å²) < 4.78 is 59.9. The number of anilines is 1. The third kappa shape index (κ3) is 3.04. The summed E-state index contributed by atoms with van der Waals surface area (Å²) in [5.74, 6) is 0. The quantitative estimate of drug-likeness (QED) is 0.803. The topological polar surface area (TPSA) is 54.5 Å². The molecule has 4 nitrogen and oxygen atoms in total. The van der Waals surface area contributed by atoms with Gasteiger partial charge in [0.2, 0.25) is 0 Å². The van der Waals surface area contributed by atoms with E-state index in [1.54, 1.807) is 4.90 Å². The Balaban J connectivity index is 2.29. The summed E-state index contributed by atoms with van der Waals surface area (Å²) in [5, 5.41) is 0. The highest BCUT2D eigenvalue weighted by atomic mass is 32.2. The average molecular weight is 321 g/mol. The van der Waals surface area contributed by atoms with Crippen molar-refractivity contribution in [3.63, 3.8) is 0 Å². The summed E-state index contributed by atoms with van der Waals surface area (Å²) >= 11 is 0. The highest BCUT2D eigenvalue weighted by molar-refractivity contribution is 7.92. The van der Waals surface area contributed by atoms with Gasteiger partial charge < -0.3 is 9.69 Å². The molecule has 21 heavy (non-hydrogen) atoms. The molecule has 1 aliphatic heterocycles. The van der Waals surface area contributed by atoms with Gasteiger partial charge in [0.25, 0.3) is 9.84 Å². The van der Waals surface area contributed by atoms with E-state index in [1.165, 1.54) is 12.1 Å². The van der Waals surface area contributed by atoms with Crippen LogP contribution in [0.15, 0.2) is 29.2 Å². The first-order chi connectivity index (χ1) is 9.77. The Kier molecular flexibility index (Phi) is 4.27. The van der Waals surface area contributed by atoms with E-state index in [2.05, 4.69) is 0 Å². The molecule has 0 radical (unpaired) electrons. The number of nitrogens with zero attached hydrogens (tertiary/aromatic N) is 1. The smallest absolute Gasteiger partial charge is 0.362 e. The van der Waals surface area contributed by atoms with Crippen LogP contribution in [0.5, 0.6) is 0 Å². The zero-order chi connectivity index (χ0) is 15.7. The van der Waals surface area contributed by atoms with Crippen LogP contribution < -0.4 is 4.90 Å². The second kappa shape index (κ2) is 5.67. The van der Waals surface area contributed by atoms with Gasteiger partial charge in [0.05, 0.1) is 10.9 Å². The minimum absolute atomic E-state index is 0.316. The molecular weight excluding hydrogens is 307 g/mol. The lowest BCUT2D eigenvalue weighted by Gasteiger charge is -2.34. The number of rotatable bonds is 3. The molecule has 1 aromatic rings. The van der Waals surface area contributed by atoms with Crippen LogP contribution in [0.1, 0.15) is 19.3 Å². The number of benzene rings is 1. The molecule has 2 rings (SSSR count). The summed E-state index contributed by atoms with van der Waals surface area (Å²) in [7, 11) is -5.33. The SMILES string of the molecule is O=CC1CCCCN1c1ccc(S(=O)(=O)C(F)(F)F)cc1. The number of hydrogen-bond acceptors (Lipinski definition) is 4. The number of carbonyl (C=O) groups is 1. The molecule has 1 atom stereocenters. The van der Waals surface area contributed by atoms with Crippen LogP contribution in [-0.2, 0) is 14.6 Å². The number of halogens is 3. The molecule has 0 saturated carbocycles. The van der Waals surface area contributed by atoms with Gasteiger partial charge in [0.15, 0.2) is 0 Å². The molecule has 1 aromatic carbocycles. The second-order valence-electron chi connectivity index (χ2n) is 4.84. The van der Waals surface area contributed by atoms with Crippen LogP contribution in [0, 0.1) is 0 Å². The van der Waals surface area contributed by atoms with Crippen molar-refractivity contribution in [2.45, 2.75) is 35.7 Å².